The highest BCUT2D eigenvalue weighted by molar-refractivity contribution is 5.71. The molecule has 360 valence electrons. The Labute approximate surface area is 388 Å². The highest BCUT2D eigenvalue weighted by atomic mass is 16.6. The summed E-state index contributed by atoms with van der Waals surface area (Å²) in [5, 5.41) is 0. The number of hydrogen-bond acceptors (Lipinski definition) is 6. The van der Waals surface area contributed by atoms with Crippen LogP contribution in [0.15, 0.2) is 85.1 Å². The highest BCUT2D eigenvalue weighted by Crippen LogP contribution is 2.13. The SMILES string of the molecule is CC/C=C\C/C=C\C/C=C\CCCCCC(=O)OCC(COC(=O)CCCCCCCCC/C=C\C/C=C\CCCCCC)OC(=O)CCCCCCC/C=C\C/C=C\CCCC. The molecule has 0 fully saturated rings. The Bertz CT molecular complexity index is 1240. The van der Waals surface area contributed by atoms with Crippen LogP contribution in [0.25, 0.3) is 0 Å². The molecule has 0 aliphatic heterocycles. The van der Waals surface area contributed by atoms with Crippen molar-refractivity contribution < 1.29 is 28.6 Å². The van der Waals surface area contributed by atoms with Crippen LogP contribution in [0.3, 0.4) is 0 Å². The molecule has 0 heterocycles. The Morgan fingerprint density at radius 3 is 1.03 bits per heavy atom. The van der Waals surface area contributed by atoms with Crippen molar-refractivity contribution in [1.82, 2.24) is 0 Å². The van der Waals surface area contributed by atoms with E-state index in [2.05, 4.69) is 106 Å². The first-order chi connectivity index (χ1) is 31.0. The molecule has 0 bridgehead atoms. The van der Waals surface area contributed by atoms with Crippen molar-refractivity contribution in [2.45, 2.75) is 245 Å². The van der Waals surface area contributed by atoms with E-state index in [9.17, 15) is 14.4 Å². The number of rotatable bonds is 46. The zero-order valence-corrected chi connectivity index (χ0v) is 41.1. The Morgan fingerprint density at radius 2 is 0.635 bits per heavy atom. The maximum atomic E-state index is 12.8. The Balaban J connectivity index is 4.44. The fourth-order valence-corrected chi connectivity index (χ4v) is 6.91. The molecule has 0 spiro atoms. The number of hydrogen-bond donors (Lipinski definition) is 0. The van der Waals surface area contributed by atoms with Crippen LogP contribution < -0.4 is 0 Å². The zero-order chi connectivity index (χ0) is 45.8. The first kappa shape index (κ1) is 59.6. The summed E-state index contributed by atoms with van der Waals surface area (Å²) in [7, 11) is 0. The van der Waals surface area contributed by atoms with Crippen molar-refractivity contribution in [3.63, 3.8) is 0 Å². The molecule has 0 aliphatic carbocycles. The van der Waals surface area contributed by atoms with E-state index in [-0.39, 0.29) is 31.1 Å². The van der Waals surface area contributed by atoms with Crippen LogP contribution >= 0.6 is 0 Å². The molecule has 0 rings (SSSR count). The number of allylic oxidation sites excluding steroid dienone is 14. The van der Waals surface area contributed by atoms with Crippen LogP contribution in [-0.2, 0) is 28.6 Å². The second kappa shape index (κ2) is 51.2. The van der Waals surface area contributed by atoms with Gasteiger partial charge in [-0.2, -0.15) is 0 Å². The third-order valence-corrected chi connectivity index (χ3v) is 10.9. The lowest BCUT2D eigenvalue weighted by Crippen LogP contribution is -2.30. The summed E-state index contributed by atoms with van der Waals surface area (Å²) in [6.45, 7) is 6.42. The molecular weight excluding hydrogens is 781 g/mol. The maximum Gasteiger partial charge on any atom is 0.306 e. The Kier molecular flexibility index (Phi) is 48.5. The van der Waals surface area contributed by atoms with Gasteiger partial charge in [0.15, 0.2) is 6.10 Å². The van der Waals surface area contributed by atoms with Gasteiger partial charge < -0.3 is 14.2 Å². The first-order valence-electron chi connectivity index (χ1n) is 26.1. The molecule has 1 unspecified atom stereocenters. The van der Waals surface area contributed by atoms with Crippen LogP contribution in [0, 0.1) is 0 Å². The second-order valence-electron chi connectivity index (χ2n) is 17.0. The molecule has 0 N–H and O–H groups in total. The summed E-state index contributed by atoms with van der Waals surface area (Å²) in [5.74, 6) is -0.949. The molecule has 1 atom stereocenters. The fraction of sp³-hybridized carbons (Fsp3) is 0.702. The predicted molar refractivity (Wildman–Crippen MR) is 270 cm³/mol. The van der Waals surface area contributed by atoms with E-state index in [4.69, 9.17) is 14.2 Å². The van der Waals surface area contributed by atoms with Crippen molar-refractivity contribution in [2.24, 2.45) is 0 Å². The molecule has 0 amide bonds. The predicted octanol–water partition coefficient (Wildman–Crippen LogP) is 17.2. The Morgan fingerprint density at radius 1 is 0.333 bits per heavy atom. The molecule has 0 aliphatic rings. The Hall–Kier alpha value is -3.41. The standard InChI is InChI=1S/C57H96O6/c1-4-7-10-13-16-19-22-25-27-28-29-30-33-35-38-41-44-47-50-56(59)62-53-54(52-61-55(58)49-46-43-40-37-34-31-24-21-18-15-12-9-6-3)63-57(60)51-48-45-42-39-36-32-26-23-20-17-14-11-8-5-2/h9,12,14,17-19,21-23,26-28,31,34,54H,4-8,10-11,13,15-16,20,24-25,29-30,32-33,35-53H2,1-3H3/b12-9-,17-14-,21-18-,22-19-,26-23-,28-27-,34-31-. The zero-order valence-electron chi connectivity index (χ0n) is 41.1. The molecule has 0 radical (unpaired) electrons. The van der Waals surface area contributed by atoms with Crippen LogP contribution in [0.5, 0.6) is 0 Å². The minimum atomic E-state index is -0.799. The van der Waals surface area contributed by atoms with Gasteiger partial charge >= 0.3 is 17.9 Å². The van der Waals surface area contributed by atoms with Crippen molar-refractivity contribution in [3.05, 3.63) is 85.1 Å². The monoisotopic (exact) mass is 877 g/mol. The van der Waals surface area contributed by atoms with Gasteiger partial charge in [-0.1, -0.05) is 196 Å². The molecule has 0 aromatic heterocycles. The molecule has 0 aromatic rings. The van der Waals surface area contributed by atoms with E-state index in [1.165, 1.54) is 77.0 Å². The lowest BCUT2D eigenvalue weighted by atomic mass is 10.1. The van der Waals surface area contributed by atoms with E-state index in [1.807, 2.05) is 0 Å². The van der Waals surface area contributed by atoms with Gasteiger partial charge in [0.1, 0.15) is 13.2 Å². The minimum absolute atomic E-state index is 0.0966. The van der Waals surface area contributed by atoms with Gasteiger partial charge in [0.2, 0.25) is 0 Å². The van der Waals surface area contributed by atoms with E-state index in [1.54, 1.807) is 0 Å². The smallest absolute Gasteiger partial charge is 0.306 e. The second-order valence-corrected chi connectivity index (χ2v) is 17.0. The first-order valence-corrected chi connectivity index (χ1v) is 26.1. The number of carbonyl (C=O) groups is 3. The van der Waals surface area contributed by atoms with Gasteiger partial charge in [-0.05, 0) is 109 Å². The third kappa shape index (κ3) is 49.5. The van der Waals surface area contributed by atoms with E-state index in [0.29, 0.717) is 19.3 Å². The van der Waals surface area contributed by atoms with Gasteiger partial charge in [0.25, 0.3) is 0 Å². The van der Waals surface area contributed by atoms with Gasteiger partial charge in [-0.15, -0.1) is 0 Å². The number of ether oxygens (including phenoxy) is 3. The molecule has 0 saturated heterocycles. The number of carbonyl (C=O) groups excluding carboxylic acids is 3. The summed E-state index contributed by atoms with van der Waals surface area (Å²) in [5.41, 5.74) is 0. The lowest BCUT2D eigenvalue weighted by Gasteiger charge is -2.18. The topological polar surface area (TPSA) is 78.9 Å². The molecular formula is C57H96O6. The molecule has 0 saturated carbocycles. The highest BCUT2D eigenvalue weighted by Gasteiger charge is 2.19. The van der Waals surface area contributed by atoms with Crippen molar-refractivity contribution in [2.75, 3.05) is 13.2 Å². The minimum Gasteiger partial charge on any atom is -0.462 e. The van der Waals surface area contributed by atoms with Gasteiger partial charge in [0.05, 0.1) is 0 Å². The van der Waals surface area contributed by atoms with E-state index < -0.39 is 6.10 Å². The van der Waals surface area contributed by atoms with Gasteiger partial charge in [-0.25, -0.2) is 0 Å². The third-order valence-electron chi connectivity index (χ3n) is 10.9. The normalized spacial score (nSPS) is 12.7. The van der Waals surface area contributed by atoms with Crippen molar-refractivity contribution in [3.8, 4) is 0 Å². The summed E-state index contributed by atoms with van der Waals surface area (Å²) >= 11 is 0. The molecule has 0 aromatic carbocycles. The molecule has 6 heteroatoms. The summed E-state index contributed by atoms with van der Waals surface area (Å²) in [6, 6.07) is 0. The van der Waals surface area contributed by atoms with Gasteiger partial charge in [0, 0.05) is 19.3 Å². The summed E-state index contributed by atoms with van der Waals surface area (Å²) in [4.78, 5) is 38.0. The van der Waals surface area contributed by atoms with Crippen molar-refractivity contribution in [1.29, 1.82) is 0 Å². The van der Waals surface area contributed by atoms with Gasteiger partial charge in [-0.3, -0.25) is 14.4 Å². The fourth-order valence-electron chi connectivity index (χ4n) is 6.91. The van der Waals surface area contributed by atoms with Crippen LogP contribution in [-0.4, -0.2) is 37.2 Å². The van der Waals surface area contributed by atoms with Crippen LogP contribution in [0.4, 0.5) is 0 Å². The van der Waals surface area contributed by atoms with Crippen LogP contribution in [0.1, 0.15) is 239 Å². The van der Waals surface area contributed by atoms with Crippen molar-refractivity contribution >= 4 is 17.9 Å². The number of unbranched alkanes of at least 4 members (excludes halogenated alkanes) is 21. The van der Waals surface area contributed by atoms with E-state index >= 15 is 0 Å². The average Bonchev–Trinajstić information content (AvgIpc) is 3.28. The quantitative estimate of drug-likeness (QED) is 0.0262. The summed E-state index contributed by atoms with van der Waals surface area (Å²) < 4.78 is 16.8. The maximum absolute atomic E-state index is 12.8. The van der Waals surface area contributed by atoms with Crippen LogP contribution in [0.2, 0.25) is 0 Å². The molecule has 63 heavy (non-hydrogen) atoms. The van der Waals surface area contributed by atoms with E-state index in [0.717, 1.165) is 122 Å². The summed E-state index contributed by atoms with van der Waals surface area (Å²) in [6.07, 6.45) is 65.6. The average molecular weight is 877 g/mol. The lowest BCUT2D eigenvalue weighted by molar-refractivity contribution is -0.167. The molecule has 6 nitrogen and oxygen atoms in total. The largest absolute Gasteiger partial charge is 0.462 e. The number of esters is 3.